The highest BCUT2D eigenvalue weighted by molar-refractivity contribution is 7.91. The molecule has 42 heavy (non-hydrogen) atoms. The van der Waals surface area contributed by atoms with Crippen LogP contribution in [0.15, 0.2) is 43.1 Å². The lowest BCUT2D eigenvalue weighted by Crippen LogP contribution is -2.56. The van der Waals surface area contributed by atoms with Crippen molar-refractivity contribution in [3.63, 3.8) is 0 Å². The molecule has 3 aliphatic rings. The molecular formula is C29H36N4O8S. The smallest absolute Gasteiger partial charge is 0.411 e. The summed E-state index contributed by atoms with van der Waals surface area (Å²) >= 11 is 0. The molecule has 2 heterocycles. The fraction of sp³-hybridized carbons (Fsp3) is 0.517. The summed E-state index contributed by atoms with van der Waals surface area (Å²) in [6, 6.07) is 6.23. The minimum Gasteiger partial charge on any atom is -0.497 e. The molecular weight excluding hydrogens is 564 g/mol. The molecule has 0 bridgehead atoms. The van der Waals surface area contributed by atoms with Crippen LogP contribution in [-0.4, -0.2) is 78.4 Å². The van der Waals surface area contributed by atoms with Crippen LogP contribution in [0.5, 0.6) is 11.6 Å². The Morgan fingerprint density at radius 1 is 1.19 bits per heavy atom. The van der Waals surface area contributed by atoms with Crippen LogP contribution in [0.4, 0.5) is 4.79 Å². The third-order valence-electron chi connectivity index (χ3n) is 7.66. The summed E-state index contributed by atoms with van der Waals surface area (Å²) in [6.45, 7) is 8.91. The lowest BCUT2D eigenvalue weighted by molar-refractivity contribution is -0.131. The van der Waals surface area contributed by atoms with Gasteiger partial charge in [-0.1, -0.05) is 6.08 Å². The van der Waals surface area contributed by atoms with Crippen molar-refractivity contribution in [1.82, 2.24) is 19.9 Å². The number of hydrogen-bond acceptors (Lipinski definition) is 9. The van der Waals surface area contributed by atoms with Crippen molar-refractivity contribution in [1.29, 1.82) is 0 Å². The molecule has 2 saturated carbocycles. The number of sulfonamides is 1. The number of pyridine rings is 1. The summed E-state index contributed by atoms with van der Waals surface area (Å²) in [7, 11) is -2.25. The van der Waals surface area contributed by atoms with Crippen LogP contribution in [0, 0.1) is 5.92 Å². The zero-order valence-corrected chi connectivity index (χ0v) is 24.9. The molecule has 13 heteroatoms. The van der Waals surface area contributed by atoms with Crippen LogP contribution in [0.3, 0.4) is 0 Å². The molecule has 1 aromatic heterocycles. The van der Waals surface area contributed by atoms with Crippen molar-refractivity contribution in [2.75, 3.05) is 13.7 Å². The molecule has 3 amide bonds. The number of benzene rings is 1. The van der Waals surface area contributed by atoms with Crippen molar-refractivity contribution in [2.24, 2.45) is 5.92 Å². The number of amides is 3. The highest BCUT2D eigenvalue weighted by Crippen LogP contribution is 2.45. The third-order valence-corrected chi connectivity index (χ3v) is 9.47. The Kier molecular flexibility index (Phi) is 7.58. The summed E-state index contributed by atoms with van der Waals surface area (Å²) in [5.41, 5.74) is -2.30. The predicted octanol–water partition coefficient (Wildman–Crippen LogP) is 2.67. The number of carbonyl (C=O) groups is 3. The topological polar surface area (TPSA) is 153 Å². The van der Waals surface area contributed by atoms with Crippen molar-refractivity contribution in [3.8, 4) is 11.6 Å². The van der Waals surface area contributed by atoms with Gasteiger partial charge in [0.05, 0.1) is 18.9 Å². The van der Waals surface area contributed by atoms with Gasteiger partial charge in [-0.05, 0) is 69.7 Å². The quantitative estimate of drug-likeness (QED) is 0.414. The van der Waals surface area contributed by atoms with Crippen molar-refractivity contribution < 1.29 is 37.0 Å². The molecule has 1 saturated heterocycles. The zero-order chi connectivity index (χ0) is 30.4. The fourth-order valence-corrected chi connectivity index (χ4v) is 6.54. The number of rotatable bonds is 9. The Morgan fingerprint density at radius 2 is 1.93 bits per heavy atom. The SMILES string of the molecule is C=CC1CC1(NC(=O)C1CC(Oc2nccc3cc(OC)ccc23)CN1C(=O)OC(C)(C)C)C(=O)NS(=O)(=O)C1CC1. The number of methoxy groups -OCH3 is 1. The first kappa shape index (κ1) is 29.6. The number of fused-ring (bicyclic) bond motifs is 1. The van der Waals surface area contributed by atoms with E-state index in [1.54, 1.807) is 40.1 Å². The van der Waals surface area contributed by atoms with Gasteiger partial charge in [-0.25, -0.2) is 18.2 Å². The molecule has 1 aromatic carbocycles. The van der Waals surface area contributed by atoms with Crippen molar-refractivity contribution in [2.45, 2.75) is 75.0 Å². The van der Waals surface area contributed by atoms with Gasteiger partial charge in [0, 0.05) is 23.9 Å². The van der Waals surface area contributed by atoms with Gasteiger partial charge in [0.1, 0.15) is 29.0 Å². The maximum atomic E-state index is 13.7. The molecule has 0 spiro atoms. The minimum absolute atomic E-state index is 0.0291. The van der Waals surface area contributed by atoms with Crippen LogP contribution in [0.2, 0.25) is 0 Å². The van der Waals surface area contributed by atoms with E-state index in [0.717, 1.165) is 10.8 Å². The Hall–Kier alpha value is -3.87. The van der Waals surface area contributed by atoms with Crippen LogP contribution in [-0.2, 0) is 24.3 Å². The van der Waals surface area contributed by atoms with Gasteiger partial charge in [-0.15, -0.1) is 6.58 Å². The first-order valence-corrected chi connectivity index (χ1v) is 15.4. The highest BCUT2D eigenvalue weighted by Gasteiger charge is 2.62. The second-order valence-electron chi connectivity index (χ2n) is 12.0. The van der Waals surface area contributed by atoms with Crippen molar-refractivity contribution in [3.05, 3.63) is 43.1 Å². The summed E-state index contributed by atoms with van der Waals surface area (Å²) in [5, 5.41) is 3.72. The predicted molar refractivity (Wildman–Crippen MR) is 153 cm³/mol. The van der Waals surface area contributed by atoms with Crippen LogP contribution in [0.25, 0.3) is 10.8 Å². The van der Waals surface area contributed by atoms with E-state index in [4.69, 9.17) is 14.2 Å². The molecule has 2 aromatic rings. The van der Waals surface area contributed by atoms with Crippen LogP contribution < -0.4 is 19.5 Å². The molecule has 4 atom stereocenters. The van der Waals surface area contributed by atoms with E-state index >= 15 is 0 Å². The number of hydrogen-bond donors (Lipinski definition) is 2. The molecule has 12 nitrogen and oxygen atoms in total. The van der Waals surface area contributed by atoms with Gasteiger partial charge < -0.3 is 19.5 Å². The number of likely N-dealkylation sites (tertiary alicyclic amines) is 1. The zero-order valence-electron chi connectivity index (χ0n) is 24.1. The van der Waals surface area contributed by atoms with E-state index in [1.807, 2.05) is 18.2 Å². The van der Waals surface area contributed by atoms with E-state index in [2.05, 4.69) is 21.6 Å². The van der Waals surface area contributed by atoms with E-state index in [-0.39, 0.29) is 19.4 Å². The van der Waals surface area contributed by atoms with Gasteiger partial charge in [0.25, 0.3) is 5.91 Å². The summed E-state index contributed by atoms with van der Waals surface area (Å²) in [6.07, 6.45) is 3.03. The summed E-state index contributed by atoms with van der Waals surface area (Å²) in [5.74, 6) is -0.880. The second kappa shape index (κ2) is 10.8. The summed E-state index contributed by atoms with van der Waals surface area (Å²) in [4.78, 5) is 45.8. The molecule has 0 radical (unpaired) electrons. The first-order valence-electron chi connectivity index (χ1n) is 13.9. The average Bonchev–Trinajstić information content (AvgIpc) is 3.84. The highest BCUT2D eigenvalue weighted by atomic mass is 32.2. The number of carbonyl (C=O) groups excluding carboxylic acids is 3. The van der Waals surface area contributed by atoms with Gasteiger partial charge in [0.2, 0.25) is 21.8 Å². The molecule has 2 N–H and O–H groups in total. The van der Waals surface area contributed by atoms with E-state index in [0.29, 0.717) is 24.5 Å². The molecule has 226 valence electrons. The van der Waals surface area contributed by atoms with Gasteiger partial charge in [-0.3, -0.25) is 19.2 Å². The lowest BCUT2D eigenvalue weighted by Gasteiger charge is -2.29. The maximum absolute atomic E-state index is 13.7. The Bertz CT molecular complexity index is 1530. The standard InChI is InChI=1S/C29H36N4O8S/c1-6-18-15-29(18,26(35)32-42(37,38)21-8-9-21)31-24(34)23-14-20(16-33(23)27(36)41-28(2,3)4)40-25-22-10-7-19(39-5)13-17(22)11-12-30-25/h6-7,10-13,18,20-21,23H,1,8-9,14-16H2,2-5H3,(H,31,34)(H,32,35). The normalized spacial score (nSPS) is 25.4. The Labute approximate surface area is 244 Å². The van der Waals surface area contributed by atoms with Crippen LogP contribution in [0.1, 0.15) is 46.5 Å². The van der Waals surface area contributed by atoms with Gasteiger partial charge >= 0.3 is 6.09 Å². The largest absolute Gasteiger partial charge is 0.497 e. The minimum atomic E-state index is -3.83. The van der Waals surface area contributed by atoms with Gasteiger partial charge in [0.15, 0.2) is 0 Å². The van der Waals surface area contributed by atoms with E-state index < -0.39 is 62.4 Å². The first-order chi connectivity index (χ1) is 19.8. The van der Waals surface area contributed by atoms with Gasteiger partial charge in [-0.2, -0.15) is 0 Å². The Morgan fingerprint density at radius 3 is 2.55 bits per heavy atom. The fourth-order valence-electron chi connectivity index (χ4n) is 5.18. The molecule has 2 aliphatic carbocycles. The second-order valence-corrected chi connectivity index (χ2v) is 14.0. The van der Waals surface area contributed by atoms with E-state index in [9.17, 15) is 22.8 Å². The average molecular weight is 601 g/mol. The molecule has 5 rings (SSSR count). The van der Waals surface area contributed by atoms with Crippen molar-refractivity contribution >= 4 is 38.7 Å². The molecule has 4 unspecified atom stereocenters. The number of aromatic nitrogens is 1. The van der Waals surface area contributed by atoms with Crippen LogP contribution >= 0.6 is 0 Å². The molecule has 3 fully saturated rings. The Balaban J connectivity index is 1.37. The number of nitrogens with zero attached hydrogens (tertiary/aromatic N) is 2. The summed E-state index contributed by atoms with van der Waals surface area (Å²) < 4.78 is 44.2. The number of ether oxygens (including phenoxy) is 3. The van der Waals surface area contributed by atoms with E-state index in [1.165, 1.54) is 11.0 Å². The monoisotopic (exact) mass is 600 g/mol. The lowest BCUT2D eigenvalue weighted by atomic mass is 10.1. The maximum Gasteiger partial charge on any atom is 0.411 e. The molecule has 1 aliphatic heterocycles. The number of nitrogens with one attached hydrogen (secondary N) is 2. The third kappa shape index (κ3) is 6.01.